The molecule has 1 aliphatic rings. The second-order valence-electron chi connectivity index (χ2n) is 16.3. The smallest absolute Gasteiger partial charge is 0.436 e. The van der Waals surface area contributed by atoms with Gasteiger partial charge in [0.15, 0.2) is 6.10 Å². The molecule has 1 aliphatic carbocycles. The number of nitrogens with one attached hydrogen (secondary N) is 3. The zero-order valence-electron chi connectivity index (χ0n) is 39.3. The van der Waals surface area contributed by atoms with Crippen LogP contribution < -0.4 is 20.7 Å². The Morgan fingerprint density at radius 1 is 0.739 bits per heavy atom. The molecule has 0 bridgehead atoms. The maximum absolute atomic E-state index is 14.2. The Morgan fingerprint density at radius 3 is 1.93 bits per heavy atom. The summed E-state index contributed by atoms with van der Waals surface area (Å²) in [6.07, 6.45) is -1.10. The van der Waals surface area contributed by atoms with Crippen LogP contribution in [0.5, 0.6) is 5.75 Å². The number of anilines is 1. The van der Waals surface area contributed by atoms with Crippen LogP contribution in [-0.4, -0.2) is 119 Å². The van der Waals surface area contributed by atoms with E-state index in [0.29, 0.717) is 70.3 Å². The number of methoxy groups -OCH3 is 1. The van der Waals surface area contributed by atoms with Crippen molar-refractivity contribution in [2.75, 3.05) is 72.3 Å². The van der Waals surface area contributed by atoms with Gasteiger partial charge in [-0.2, -0.15) is 0 Å². The van der Waals surface area contributed by atoms with Gasteiger partial charge in [-0.25, -0.2) is 9.59 Å². The number of hydrogen-bond donors (Lipinski definition) is 3. The summed E-state index contributed by atoms with van der Waals surface area (Å²) in [7, 11) is 3.10. The van der Waals surface area contributed by atoms with Gasteiger partial charge in [0, 0.05) is 56.1 Å². The third-order valence-electron chi connectivity index (χ3n) is 11.0. The van der Waals surface area contributed by atoms with Crippen molar-refractivity contribution in [2.45, 2.75) is 64.3 Å². The van der Waals surface area contributed by atoms with Gasteiger partial charge in [0.05, 0.1) is 51.2 Å². The number of non-ortho nitro benzene ring substituents is 1. The monoisotopic (exact) mass is 955 g/mol. The first-order chi connectivity index (χ1) is 33.4. The van der Waals surface area contributed by atoms with Crippen LogP contribution in [-0.2, 0) is 49.4 Å². The molecule has 69 heavy (non-hydrogen) atoms. The van der Waals surface area contributed by atoms with Crippen molar-refractivity contribution in [1.29, 1.82) is 0 Å². The number of nitro groups is 1. The highest BCUT2D eigenvalue weighted by molar-refractivity contribution is 5.98. The van der Waals surface area contributed by atoms with Crippen LogP contribution in [0.3, 0.4) is 0 Å². The van der Waals surface area contributed by atoms with Gasteiger partial charge in [-0.05, 0) is 66.1 Å². The van der Waals surface area contributed by atoms with Crippen molar-refractivity contribution in [3.63, 3.8) is 0 Å². The molecule has 4 aromatic carbocycles. The first-order valence-electron chi connectivity index (χ1n) is 22.8. The molecule has 4 aromatic rings. The predicted octanol–water partition coefficient (Wildman–Crippen LogP) is 6.97. The third kappa shape index (κ3) is 16.7. The molecule has 0 radical (unpaired) electrons. The SMILES string of the molecule is COCCOCCOCCOCCC(=O)NCCCC[C@H](NC(=O)[C@H](C(C)C)N(C)C(=O)OC1c2ccccc2-c2ccccc21)C(=O)Nc1ccc(COC(=O)Oc2ccc([N+](=O)[O-])cc2)cc1. The summed E-state index contributed by atoms with van der Waals surface area (Å²) in [5.41, 5.74) is 4.41. The molecular formula is C50H61N5O14. The highest BCUT2D eigenvalue weighted by atomic mass is 16.7. The average molecular weight is 956 g/mol. The van der Waals surface area contributed by atoms with Crippen LogP contribution in [0.4, 0.5) is 21.0 Å². The molecule has 5 rings (SSSR count). The summed E-state index contributed by atoms with van der Waals surface area (Å²) in [5.74, 6) is -1.58. The Hall–Kier alpha value is -6.93. The minimum absolute atomic E-state index is 0.0681. The number of likely N-dealkylation sites (N-methyl/N-ethyl adjacent to an activating group) is 1. The quantitative estimate of drug-likeness (QED) is 0.0172. The maximum Gasteiger partial charge on any atom is 0.514 e. The van der Waals surface area contributed by atoms with Gasteiger partial charge in [-0.15, -0.1) is 0 Å². The van der Waals surface area contributed by atoms with E-state index in [0.717, 1.165) is 22.3 Å². The maximum atomic E-state index is 14.2. The van der Waals surface area contributed by atoms with E-state index < -0.39 is 47.2 Å². The zero-order valence-corrected chi connectivity index (χ0v) is 39.3. The molecule has 3 N–H and O–H groups in total. The van der Waals surface area contributed by atoms with Crippen LogP contribution in [0.25, 0.3) is 11.1 Å². The van der Waals surface area contributed by atoms with Gasteiger partial charge in [0.2, 0.25) is 17.7 Å². The highest BCUT2D eigenvalue weighted by Gasteiger charge is 2.37. The van der Waals surface area contributed by atoms with E-state index >= 15 is 0 Å². The minimum Gasteiger partial charge on any atom is -0.436 e. The minimum atomic E-state index is -1.04. The number of fused-ring (bicyclic) bond motifs is 3. The van der Waals surface area contributed by atoms with E-state index in [1.54, 1.807) is 45.2 Å². The summed E-state index contributed by atoms with van der Waals surface area (Å²) < 4.78 is 37.6. The molecule has 0 aromatic heterocycles. The molecule has 19 heteroatoms. The van der Waals surface area contributed by atoms with Gasteiger partial charge in [-0.3, -0.25) is 29.4 Å². The number of rotatable bonds is 28. The van der Waals surface area contributed by atoms with Crippen molar-refractivity contribution >= 4 is 41.3 Å². The number of nitro benzene ring substituents is 1. The highest BCUT2D eigenvalue weighted by Crippen LogP contribution is 2.45. The molecule has 2 atom stereocenters. The molecule has 4 amide bonds. The molecule has 0 fully saturated rings. The van der Waals surface area contributed by atoms with E-state index in [4.69, 9.17) is 33.2 Å². The van der Waals surface area contributed by atoms with E-state index in [1.165, 1.54) is 36.2 Å². The second kappa shape index (κ2) is 27.8. The van der Waals surface area contributed by atoms with Gasteiger partial charge in [0.1, 0.15) is 24.4 Å². The van der Waals surface area contributed by atoms with E-state index in [1.807, 2.05) is 48.5 Å². The Morgan fingerprint density at radius 2 is 1.33 bits per heavy atom. The Kier molecular flexibility index (Phi) is 21.3. The molecule has 0 aliphatic heterocycles. The third-order valence-corrected chi connectivity index (χ3v) is 11.0. The average Bonchev–Trinajstić information content (AvgIpc) is 3.65. The molecule has 0 saturated heterocycles. The predicted molar refractivity (Wildman–Crippen MR) is 253 cm³/mol. The number of nitrogens with zero attached hydrogens (tertiary/aromatic N) is 2. The van der Waals surface area contributed by atoms with Crippen molar-refractivity contribution in [1.82, 2.24) is 15.5 Å². The molecule has 370 valence electrons. The lowest BCUT2D eigenvalue weighted by molar-refractivity contribution is -0.384. The molecule has 0 unspecified atom stereocenters. The van der Waals surface area contributed by atoms with Gasteiger partial charge in [0.25, 0.3) is 5.69 Å². The number of benzene rings is 4. The van der Waals surface area contributed by atoms with E-state index in [2.05, 4.69) is 16.0 Å². The Balaban J connectivity index is 1.15. The van der Waals surface area contributed by atoms with Crippen molar-refractivity contribution in [3.05, 3.63) is 124 Å². The van der Waals surface area contributed by atoms with Crippen molar-refractivity contribution in [3.8, 4) is 16.9 Å². The lowest BCUT2D eigenvalue weighted by Gasteiger charge is -2.32. The van der Waals surface area contributed by atoms with Crippen LogP contribution in [0.15, 0.2) is 97.1 Å². The summed E-state index contributed by atoms with van der Waals surface area (Å²) in [5, 5.41) is 19.5. The van der Waals surface area contributed by atoms with Crippen molar-refractivity contribution in [2.24, 2.45) is 5.92 Å². The molecule has 0 spiro atoms. The molecule has 0 heterocycles. The molecule has 0 saturated carbocycles. The zero-order chi connectivity index (χ0) is 49.5. The first kappa shape index (κ1) is 53.0. The van der Waals surface area contributed by atoms with Gasteiger partial charge < -0.3 is 49.1 Å². The molecular weight excluding hydrogens is 895 g/mol. The van der Waals surface area contributed by atoms with Crippen LogP contribution in [0.2, 0.25) is 0 Å². The summed E-state index contributed by atoms with van der Waals surface area (Å²) >= 11 is 0. The van der Waals surface area contributed by atoms with E-state index in [-0.39, 0.29) is 49.3 Å². The number of hydrogen-bond acceptors (Lipinski definition) is 14. The fourth-order valence-electron chi connectivity index (χ4n) is 7.44. The fraction of sp³-hybridized carbons (Fsp3) is 0.420. The van der Waals surface area contributed by atoms with Crippen molar-refractivity contribution < 1.29 is 62.1 Å². The summed E-state index contributed by atoms with van der Waals surface area (Å²) in [6.45, 7) is 6.58. The topological polar surface area (TPSA) is 232 Å². The standard InChI is InChI=1S/C50H61N5O14/c1-34(2)45(54(3)49(59)69-46-41-13-7-5-11-39(41)40-12-6-8-14-42(40)46)48(58)53-43(15-9-10-25-51-44(56)24-26-64-29-30-66-32-31-65-28-27-63-4)47(57)52-36-18-16-35(17-19-36)33-67-50(60)68-38-22-20-37(21-23-38)55(61)62/h5-8,11-14,16-23,34,43,45-46H,9-10,15,24-33H2,1-4H3,(H,51,56)(H,52,57)(H,53,58)/t43-,45-/m0/s1. The summed E-state index contributed by atoms with van der Waals surface area (Å²) in [6, 6.07) is 24.7. The van der Waals surface area contributed by atoms with Gasteiger partial charge in [-0.1, -0.05) is 74.5 Å². The number of ether oxygens (including phenoxy) is 7. The Bertz CT molecular complexity index is 2260. The molecule has 19 nitrogen and oxygen atoms in total. The number of amides is 4. The first-order valence-corrected chi connectivity index (χ1v) is 22.8. The Labute approximate surface area is 401 Å². The van der Waals surface area contributed by atoms with Gasteiger partial charge >= 0.3 is 12.2 Å². The largest absolute Gasteiger partial charge is 0.514 e. The second-order valence-corrected chi connectivity index (χ2v) is 16.3. The van der Waals surface area contributed by atoms with Crippen LogP contribution >= 0.6 is 0 Å². The fourth-order valence-corrected chi connectivity index (χ4v) is 7.44. The normalized spacial score (nSPS) is 12.5. The van der Waals surface area contributed by atoms with Crippen LogP contribution in [0, 0.1) is 16.0 Å². The number of carbonyl (C=O) groups is 5. The number of unbranched alkanes of at least 4 members (excludes halogenated alkanes) is 1. The lowest BCUT2D eigenvalue weighted by atomic mass is 10.0. The summed E-state index contributed by atoms with van der Waals surface area (Å²) in [4.78, 5) is 78.3. The lowest BCUT2D eigenvalue weighted by Crippen LogP contribution is -2.55. The van der Waals surface area contributed by atoms with E-state index in [9.17, 15) is 34.1 Å². The van der Waals surface area contributed by atoms with Crippen LogP contribution in [0.1, 0.15) is 62.3 Å². The number of carbonyl (C=O) groups excluding carboxylic acids is 5.